The number of hydrogen-bond acceptors (Lipinski definition) is 3. The molecule has 3 aromatic heterocycles. The van der Waals surface area contributed by atoms with Crippen LogP contribution in [0.2, 0.25) is 0 Å². The van der Waals surface area contributed by atoms with Gasteiger partial charge >= 0.3 is 0 Å². The lowest BCUT2D eigenvalue weighted by atomic mass is 10.1. The van der Waals surface area contributed by atoms with E-state index in [1.54, 1.807) is 11.3 Å². The molecule has 0 saturated heterocycles. The van der Waals surface area contributed by atoms with E-state index in [0.717, 1.165) is 23.6 Å². The summed E-state index contributed by atoms with van der Waals surface area (Å²) in [5.74, 6) is 0. The fourth-order valence-corrected chi connectivity index (χ4v) is 2.77. The molecule has 0 aliphatic rings. The zero-order valence-electron chi connectivity index (χ0n) is 10.3. The van der Waals surface area contributed by atoms with Gasteiger partial charge in [-0.1, -0.05) is 6.92 Å². The van der Waals surface area contributed by atoms with Crippen LogP contribution in [-0.2, 0) is 6.54 Å². The van der Waals surface area contributed by atoms with Gasteiger partial charge in [0.05, 0.1) is 12.2 Å². The zero-order chi connectivity index (χ0) is 12.5. The van der Waals surface area contributed by atoms with Crippen molar-refractivity contribution in [3.05, 3.63) is 47.5 Å². The summed E-state index contributed by atoms with van der Waals surface area (Å²) < 4.78 is 4.19. The normalized spacial score (nSPS) is 13.2. The Morgan fingerprint density at radius 1 is 1.39 bits per heavy atom. The van der Waals surface area contributed by atoms with E-state index in [1.165, 1.54) is 5.56 Å². The molecule has 18 heavy (non-hydrogen) atoms. The van der Waals surface area contributed by atoms with E-state index < -0.39 is 0 Å². The maximum Gasteiger partial charge on any atom is 0.193 e. The highest BCUT2D eigenvalue weighted by molar-refractivity contribution is 7.15. The quantitative estimate of drug-likeness (QED) is 0.784. The first kappa shape index (κ1) is 11.5. The highest BCUT2D eigenvalue weighted by Crippen LogP contribution is 2.16. The summed E-state index contributed by atoms with van der Waals surface area (Å²) in [5.41, 5.74) is 8.29. The third-order valence-electron chi connectivity index (χ3n) is 3.13. The lowest BCUT2D eigenvalue weighted by Crippen LogP contribution is -2.07. The highest BCUT2D eigenvalue weighted by Gasteiger charge is 2.07. The second kappa shape index (κ2) is 4.59. The van der Waals surface area contributed by atoms with Crippen molar-refractivity contribution in [2.45, 2.75) is 25.9 Å². The van der Waals surface area contributed by atoms with Gasteiger partial charge in [-0.2, -0.15) is 0 Å². The number of imidazole rings is 1. The van der Waals surface area contributed by atoms with Crippen molar-refractivity contribution in [2.24, 2.45) is 5.73 Å². The molecule has 1 atom stereocenters. The van der Waals surface area contributed by atoms with Gasteiger partial charge in [0.2, 0.25) is 0 Å². The van der Waals surface area contributed by atoms with Gasteiger partial charge < -0.3 is 10.3 Å². The summed E-state index contributed by atoms with van der Waals surface area (Å²) in [7, 11) is 0. The Labute approximate surface area is 110 Å². The number of rotatable bonds is 4. The molecule has 3 rings (SSSR count). The van der Waals surface area contributed by atoms with Crippen molar-refractivity contribution in [3.8, 4) is 0 Å². The Bertz CT molecular complexity index is 620. The van der Waals surface area contributed by atoms with Crippen LogP contribution in [0.3, 0.4) is 0 Å². The Balaban J connectivity index is 1.79. The lowest BCUT2D eigenvalue weighted by molar-refractivity contribution is 0.692. The largest absolute Gasteiger partial charge is 0.348 e. The van der Waals surface area contributed by atoms with Gasteiger partial charge in [-0.15, -0.1) is 11.3 Å². The average molecular weight is 260 g/mol. The number of thiazole rings is 1. The van der Waals surface area contributed by atoms with Gasteiger partial charge in [-0.05, 0) is 18.1 Å². The molecule has 0 saturated carbocycles. The van der Waals surface area contributed by atoms with E-state index in [-0.39, 0.29) is 6.04 Å². The molecule has 3 aromatic rings. The van der Waals surface area contributed by atoms with Crippen molar-refractivity contribution in [1.29, 1.82) is 0 Å². The van der Waals surface area contributed by atoms with Crippen molar-refractivity contribution < 1.29 is 0 Å². The molecule has 0 aliphatic heterocycles. The third kappa shape index (κ3) is 2.07. The summed E-state index contributed by atoms with van der Waals surface area (Å²) in [6.07, 6.45) is 9.25. The van der Waals surface area contributed by atoms with Crippen LogP contribution in [0.1, 0.15) is 30.6 Å². The Hall–Kier alpha value is -1.59. The Kier molecular flexibility index (Phi) is 2.93. The zero-order valence-corrected chi connectivity index (χ0v) is 11.1. The molecule has 1 unspecified atom stereocenters. The van der Waals surface area contributed by atoms with E-state index in [0.29, 0.717) is 0 Å². The standard InChI is InChI=1S/C13H16N4S/c1-2-12(14)10-3-4-16(7-10)8-11-9-17-5-6-18-13(17)15-11/h3-7,9,12H,2,8,14H2,1H3. The van der Waals surface area contributed by atoms with Crippen LogP contribution in [0.5, 0.6) is 0 Å². The van der Waals surface area contributed by atoms with Gasteiger partial charge in [-0.25, -0.2) is 4.98 Å². The number of fused-ring (bicyclic) bond motifs is 1. The van der Waals surface area contributed by atoms with E-state index in [2.05, 4.69) is 45.5 Å². The van der Waals surface area contributed by atoms with E-state index in [4.69, 9.17) is 5.73 Å². The van der Waals surface area contributed by atoms with Gasteiger partial charge in [0.25, 0.3) is 0 Å². The molecule has 5 heteroatoms. The molecule has 0 amide bonds. The Morgan fingerprint density at radius 2 is 2.28 bits per heavy atom. The maximum atomic E-state index is 6.01. The lowest BCUT2D eigenvalue weighted by Gasteiger charge is -2.05. The van der Waals surface area contributed by atoms with Gasteiger partial charge in [0.1, 0.15) is 0 Å². The molecule has 3 heterocycles. The van der Waals surface area contributed by atoms with Crippen LogP contribution in [0.25, 0.3) is 4.96 Å². The predicted octanol–water partition coefficient (Wildman–Crippen LogP) is 2.66. The molecule has 4 nitrogen and oxygen atoms in total. The van der Waals surface area contributed by atoms with Crippen LogP contribution in [0.4, 0.5) is 0 Å². The van der Waals surface area contributed by atoms with Crippen molar-refractivity contribution in [1.82, 2.24) is 14.0 Å². The van der Waals surface area contributed by atoms with Gasteiger partial charge in [0, 0.05) is 36.2 Å². The minimum atomic E-state index is 0.136. The smallest absolute Gasteiger partial charge is 0.193 e. The Morgan fingerprint density at radius 3 is 3.06 bits per heavy atom. The summed E-state index contributed by atoms with van der Waals surface area (Å²) >= 11 is 1.66. The van der Waals surface area contributed by atoms with Crippen molar-refractivity contribution >= 4 is 16.3 Å². The number of aromatic nitrogens is 3. The molecule has 0 radical (unpaired) electrons. The predicted molar refractivity (Wildman–Crippen MR) is 73.8 cm³/mol. The fourth-order valence-electron chi connectivity index (χ4n) is 2.05. The topological polar surface area (TPSA) is 48.2 Å². The number of nitrogens with two attached hydrogens (primary N) is 1. The van der Waals surface area contributed by atoms with E-state index >= 15 is 0 Å². The van der Waals surface area contributed by atoms with Crippen molar-refractivity contribution in [2.75, 3.05) is 0 Å². The first-order valence-electron chi connectivity index (χ1n) is 6.08. The van der Waals surface area contributed by atoms with E-state index in [1.807, 2.05) is 11.6 Å². The number of hydrogen-bond donors (Lipinski definition) is 1. The van der Waals surface area contributed by atoms with Gasteiger partial charge in [0.15, 0.2) is 4.96 Å². The molecule has 0 aromatic carbocycles. The SMILES string of the molecule is CCC(N)c1ccn(Cc2cn3ccsc3n2)c1. The summed E-state index contributed by atoms with van der Waals surface area (Å²) in [6.45, 7) is 2.90. The molecule has 94 valence electrons. The van der Waals surface area contributed by atoms with Crippen LogP contribution >= 0.6 is 11.3 Å². The summed E-state index contributed by atoms with van der Waals surface area (Å²) in [6, 6.07) is 2.23. The van der Waals surface area contributed by atoms with Crippen LogP contribution in [0.15, 0.2) is 36.2 Å². The minimum Gasteiger partial charge on any atom is -0.348 e. The summed E-state index contributed by atoms with van der Waals surface area (Å²) in [4.78, 5) is 5.62. The highest BCUT2D eigenvalue weighted by atomic mass is 32.1. The summed E-state index contributed by atoms with van der Waals surface area (Å²) in [5, 5.41) is 2.04. The monoisotopic (exact) mass is 260 g/mol. The van der Waals surface area contributed by atoms with Crippen LogP contribution < -0.4 is 5.73 Å². The van der Waals surface area contributed by atoms with Gasteiger partial charge in [-0.3, -0.25) is 4.40 Å². The number of nitrogens with zero attached hydrogens (tertiary/aromatic N) is 3. The second-order valence-electron chi connectivity index (χ2n) is 4.46. The van der Waals surface area contributed by atoms with Crippen LogP contribution in [0, 0.1) is 0 Å². The fraction of sp³-hybridized carbons (Fsp3) is 0.308. The molecule has 0 fully saturated rings. The molecule has 0 spiro atoms. The molecule has 0 aliphatic carbocycles. The molecule has 0 bridgehead atoms. The van der Waals surface area contributed by atoms with E-state index in [9.17, 15) is 0 Å². The minimum absolute atomic E-state index is 0.136. The third-order valence-corrected chi connectivity index (χ3v) is 3.90. The first-order chi connectivity index (χ1) is 8.76. The molecular weight excluding hydrogens is 244 g/mol. The van der Waals surface area contributed by atoms with Crippen molar-refractivity contribution in [3.63, 3.8) is 0 Å². The maximum absolute atomic E-state index is 6.01. The first-order valence-corrected chi connectivity index (χ1v) is 6.96. The average Bonchev–Trinajstić information content (AvgIpc) is 3.03. The molecular formula is C13H16N4S. The molecule has 2 N–H and O–H groups in total. The van der Waals surface area contributed by atoms with Crippen LogP contribution in [-0.4, -0.2) is 14.0 Å². The second-order valence-corrected chi connectivity index (χ2v) is 5.33.